The summed E-state index contributed by atoms with van der Waals surface area (Å²) in [5, 5.41) is 0. The van der Waals surface area contributed by atoms with Gasteiger partial charge in [0.05, 0.1) is 12.0 Å². The van der Waals surface area contributed by atoms with Crippen LogP contribution < -0.4 is 0 Å². The molecule has 1 atom stereocenters. The number of aliphatic imine (C=N–C) groups is 1. The third-order valence-electron chi connectivity index (χ3n) is 4.65. The Morgan fingerprint density at radius 2 is 1.43 bits per heavy atom. The van der Waals surface area contributed by atoms with E-state index < -0.39 is 0 Å². The first-order chi connectivity index (χ1) is 10.0. The van der Waals surface area contributed by atoms with Crippen molar-refractivity contribution in [1.82, 2.24) is 0 Å². The first-order valence-corrected chi connectivity index (χ1v) is 7.37. The van der Waals surface area contributed by atoms with Crippen LogP contribution in [-0.2, 0) is 10.2 Å². The Morgan fingerprint density at radius 1 is 0.857 bits per heavy atom. The highest BCUT2D eigenvalue weighted by Gasteiger charge is 2.47. The Hall–Kier alpha value is -2.09. The molecule has 0 aliphatic carbocycles. The second-order valence-electron chi connectivity index (χ2n) is 6.30. The first-order valence-electron chi connectivity index (χ1n) is 7.37. The van der Waals surface area contributed by atoms with Crippen molar-refractivity contribution in [3.05, 3.63) is 71.8 Å². The molecular formula is C19H21NO. The molecule has 0 radical (unpaired) electrons. The van der Waals surface area contributed by atoms with Crippen LogP contribution in [0.15, 0.2) is 65.7 Å². The minimum Gasteiger partial charge on any atom is -0.470 e. The van der Waals surface area contributed by atoms with E-state index >= 15 is 0 Å². The molecule has 1 aliphatic heterocycles. The molecule has 0 aromatic heterocycles. The summed E-state index contributed by atoms with van der Waals surface area (Å²) in [4.78, 5) is 4.72. The van der Waals surface area contributed by atoms with Gasteiger partial charge in [-0.1, -0.05) is 48.5 Å². The summed E-state index contributed by atoms with van der Waals surface area (Å²) in [6.45, 7) is 7.26. The molecule has 0 amide bonds. The maximum Gasteiger partial charge on any atom is 0.216 e. The topological polar surface area (TPSA) is 21.6 Å². The van der Waals surface area contributed by atoms with E-state index in [-0.39, 0.29) is 11.0 Å². The average molecular weight is 279 g/mol. The average Bonchev–Trinajstić information content (AvgIpc) is 2.52. The first kappa shape index (κ1) is 13.9. The number of rotatable bonds is 2. The maximum absolute atomic E-state index is 6.28. The molecule has 21 heavy (non-hydrogen) atoms. The van der Waals surface area contributed by atoms with Gasteiger partial charge in [-0.2, -0.15) is 0 Å². The van der Waals surface area contributed by atoms with Gasteiger partial charge in [0, 0.05) is 5.56 Å². The molecule has 0 spiro atoms. The second kappa shape index (κ2) is 5.03. The number of nitrogens with zero attached hydrogens (tertiary/aromatic N) is 1. The van der Waals surface area contributed by atoms with Gasteiger partial charge >= 0.3 is 0 Å². The molecule has 0 saturated heterocycles. The summed E-state index contributed by atoms with van der Waals surface area (Å²) < 4.78 is 6.28. The van der Waals surface area contributed by atoms with E-state index in [4.69, 9.17) is 9.73 Å². The van der Waals surface area contributed by atoms with Gasteiger partial charge in [-0.05, 0) is 38.5 Å². The zero-order valence-electron chi connectivity index (χ0n) is 12.8. The summed E-state index contributed by atoms with van der Waals surface area (Å²) in [6, 6.07) is 20.6. The van der Waals surface area contributed by atoms with Crippen LogP contribution in [0.25, 0.3) is 0 Å². The fourth-order valence-electron chi connectivity index (χ4n) is 2.78. The van der Waals surface area contributed by atoms with E-state index in [1.165, 1.54) is 5.56 Å². The quantitative estimate of drug-likeness (QED) is 0.807. The molecular weight excluding hydrogens is 258 g/mol. The van der Waals surface area contributed by atoms with E-state index in [1.54, 1.807) is 0 Å². The van der Waals surface area contributed by atoms with Crippen LogP contribution in [0.3, 0.4) is 0 Å². The predicted molar refractivity (Wildman–Crippen MR) is 86.8 cm³/mol. The molecule has 3 rings (SSSR count). The Labute approximate surface area is 126 Å². The largest absolute Gasteiger partial charge is 0.470 e. The lowest BCUT2D eigenvalue weighted by Crippen LogP contribution is -2.53. The highest BCUT2D eigenvalue weighted by Crippen LogP contribution is 2.41. The van der Waals surface area contributed by atoms with Crippen molar-refractivity contribution in [2.24, 2.45) is 4.99 Å². The van der Waals surface area contributed by atoms with Crippen LogP contribution in [0, 0.1) is 0 Å². The van der Waals surface area contributed by atoms with E-state index in [2.05, 4.69) is 45.0 Å². The lowest BCUT2D eigenvalue weighted by atomic mass is 9.69. The molecule has 0 N–H and O–H groups in total. The van der Waals surface area contributed by atoms with E-state index in [0.717, 1.165) is 18.0 Å². The summed E-state index contributed by atoms with van der Waals surface area (Å²) in [6.07, 6.45) is 0. The Morgan fingerprint density at radius 3 is 2.00 bits per heavy atom. The van der Waals surface area contributed by atoms with Crippen molar-refractivity contribution in [3.63, 3.8) is 0 Å². The van der Waals surface area contributed by atoms with E-state index in [9.17, 15) is 0 Å². The van der Waals surface area contributed by atoms with Crippen LogP contribution in [0.5, 0.6) is 0 Å². The summed E-state index contributed by atoms with van der Waals surface area (Å²) in [5.41, 5.74) is 1.86. The smallest absolute Gasteiger partial charge is 0.216 e. The molecule has 2 nitrogen and oxygen atoms in total. The number of hydrogen-bond donors (Lipinski definition) is 0. The van der Waals surface area contributed by atoms with Crippen LogP contribution in [0.4, 0.5) is 0 Å². The van der Waals surface area contributed by atoms with Gasteiger partial charge in [-0.15, -0.1) is 0 Å². The standard InChI is InChI=1S/C19H21NO/c1-18(2)19(3,16-12-8-5-9-13-16)14-20-17(21-18)15-10-6-4-7-11-15/h4-13H,14H2,1-3H3. The third kappa shape index (κ3) is 2.35. The SMILES string of the molecule is CC1(C)OC(c2ccccc2)=NCC1(C)c1ccccc1. The van der Waals surface area contributed by atoms with Crippen molar-refractivity contribution >= 4 is 5.90 Å². The summed E-state index contributed by atoms with van der Waals surface area (Å²) >= 11 is 0. The summed E-state index contributed by atoms with van der Waals surface area (Å²) in [7, 11) is 0. The molecule has 0 fully saturated rings. The Kier molecular flexibility index (Phi) is 3.32. The van der Waals surface area contributed by atoms with Gasteiger partial charge in [-0.25, -0.2) is 0 Å². The fourth-order valence-corrected chi connectivity index (χ4v) is 2.78. The highest BCUT2D eigenvalue weighted by atomic mass is 16.5. The zero-order chi connectivity index (χ0) is 14.9. The van der Waals surface area contributed by atoms with Gasteiger partial charge < -0.3 is 4.74 Å². The fraction of sp³-hybridized carbons (Fsp3) is 0.316. The molecule has 1 heterocycles. The van der Waals surface area contributed by atoms with E-state index in [1.807, 2.05) is 36.4 Å². The normalized spacial score (nSPS) is 24.0. The molecule has 1 aliphatic rings. The highest BCUT2D eigenvalue weighted by molar-refractivity contribution is 5.95. The van der Waals surface area contributed by atoms with Gasteiger partial charge in [0.15, 0.2) is 0 Å². The van der Waals surface area contributed by atoms with Gasteiger partial charge in [0.1, 0.15) is 5.60 Å². The van der Waals surface area contributed by atoms with Gasteiger partial charge in [-0.3, -0.25) is 4.99 Å². The molecule has 2 aromatic carbocycles. The number of hydrogen-bond acceptors (Lipinski definition) is 2. The predicted octanol–water partition coefficient (Wildman–Crippen LogP) is 4.20. The van der Waals surface area contributed by atoms with Crippen LogP contribution >= 0.6 is 0 Å². The molecule has 0 saturated carbocycles. The Balaban J connectivity index is 1.99. The second-order valence-corrected chi connectivity index (χ2v) is 6.30. The van der Waals surface area contributed by atoms with Crippen molar-refractivity contribution < 1.29 is 4.74 Å². The molecule has 108 valence electrons. The Bertz CT molecular complexity index is 646. The maximum atomic E-state index is 6.28. The van der Waals surface area contributed by atoms with Gasteiger partial charge in [0.2, 0.25) is 5.90 Å². The lowest BCUT2D eigenvalue weighted by molar-refractivity contribution is 0.00632. The number of ether oxygens (including phenoxy) is 1. The minimum atomic E-state index is -0.318. The van der Waals surface area contributed by atoms with Crippen molar-refractivity contribution in [3.8, 4) is 0 Å². The van der Waals surface area contributed by atoms with Crippen LogP contribution in [0.1, 0.15) is 31.9 Å². The van der Waals surface area contributed by atoms with Crippen molar-refractivity contribution in [1.29, 1.82) is 0 Å². The molecule has 2 aromatic rings. The zero-order valence-corrected chi connectivity index (χ0v) is 12.8. The van der Waals surface area contributed by atoms with Crippen molar-refractivity contribution in [2.45, 2.75) is 31.8 Å². The number of benzene rings is 2. The monoisotopic (exact) mass is 279 g/mol. The lowest BCUT2D eigenvalue weighted by Gasteiger charge is -2.46. The van der Waals surface area contributed by atoms with Gasteiger partial charge in [0.25, 0.3) is 0 Å². The third-order valence-corrected chi connectivity index (χ3v) is 4.65. The molecule has 2 heteroatoms. The summed E-state index contributed by atoms with van der Waals surface area (Å²) in [5.74, 6) is 0.744. The molecule has 1 unspecified atom stereocenters. The minimum absolute atomic E-state index is 0.132. The van der Waals surface area contributed by atoms with Crippen molar-refractivity contribution in [2.75, 3.05) is 6.54 Å². The molecule has 0 bridgehead atoms. The van der Waals surface area contributed by atoms with Crippen LogP contribution in [-0.4, -0.2) is 18.0 Å². The van der Waals surface area contributed by atoms with E-state index in [0.29, 0.717) is 0 Å². The van der Waals surface area contributed by atoms with Crippen LogP contribution in [0.2, 0.25) is 0 Å².